The molecule has 0 aliphatic rings. The number of anilines is 1. The van der Waals surface area contributed by atoms with Crippen LogP contribution in [0.25, 0.3) is 0 Å². The Morgan fingerprint density at radius 1 is 1.03 bits per heavy atom. The number of ether oxygens (including phenoxy) is 1. The first kappa shape index (κ1) is 21.3. The number of nitrogens with zero attached hydrogens (tertiary/aromatic N) is 3. The summed E-state index contributed by atoms with van der Waals surface area (Å²) in [5, 5.41) is 4.50. The molecule has 1 aromatic heterocycles. The van der Waals surface area contributed by atoms with E-state index in [1.54, 1.807) is 25.6 Å². The van der Waals surface area contributed by atoms with Crippen LogP contribution < -0.4 is 4.90 Å². The topological polar surface area (TPSA) is 64.4 Å². The molecule has 0 radical (unpaired) electrons. The molecule has 1 heterocycles. The molecule has 0 aliphatic heterocycles. The summed E-state index contributed by atoms with van der Waals surface area (Å²) in [5.41, 5.74) is 4.73. The molecule has 30 heavy (non-hydrogen) atoms. The number of amides is 1. The van der Waals surface area contributed by atoms with Crippen molar-refractivity contribution in [2.24, 2.45) is 0 Å². The van der Waals surface area contributed by atoms with Crippen molar-refractivity contribution in [1.82, 2.24) is 9.78 Å². The van der Waals surface area contributed by atoms with E-state index in [4.69, 9.17) is 4.74 Å². The Morgan fingerprint density at radius 3 is 2.30 bits per heavy atom. The monoisotopic (exact) mass is 405 g/mol. The van der Waals surface area contributed by atoms with Gasteiger partial charge in [0.05, 0.1) is 17.9 Å². The lowest BCUT2D eigenvalue weighted by atomic mass is 10.1. The number of esters is 1. The first-order chi connectivity index (χ1) is 14.3. The SMILES string of the molecule is Cc1ccc(Cn2nc(C)c(C(=O)O[C@@H](C)C(=O)N(C)c3ccccc3)c2C)cc1. The molecule has 0 aliphatic carbocycles. The van der Waals surface area contributed by atoms with Crippen molar-refractivity contribution in [3.8, 4) is 0 Å². The molecule has 6 heteroatoms. The fourth-order valence-electron chi connectivity index (χ4n) is 3.33. The molecule has 6 nitrogen and oxygen atoms in total. The van der Waals surface area contributed by atoms with Gasteiger partial charge in [-0.2, -0.15) is 5.10 Å². The average molecular weight is 405 g/mol. The molecule has 3 rings (SSSR count). The number of hydrogen-bond donors (Lipinski definition) is 0. The minimum atomic E-state index is -0.915. The van der Waals surface area contributed by atoms with E-state index in [-0.39, 0.29) is 5.91 Å². The van der Waals surface area contributed by atoms with Crippen LogP contribution in [0.1, 0.15) is 39.8 Å². The van der Waals surface area contributed by atoms with E-state index < -0.39 is 12.1 Å². The van der Waals surface area contributed by atoms with Crippen LogP contribution in [0.2, 0.25) is 0 Å². The van der Waals surface area contributed by atoms with Crippen LogP contribution in [-0.2, 0) is 16.1 Å². The summed E-state index contributed by atoms with van der Waals surface area (Å²) in [4.78, 5) is 27.0. The second-order valence-electron chi connectivity index (χ2n) is 7.47. The quantitative estimate of drug-likeness (QED) is 0.580. The third-order valence-electron chi connectivity index (χ3n) is 5.14. The molecule has 0 saturated heterocycles. The van der Waals surface area contributed by atoms with E-state index in [9.17, 15) is 9.59 Å². The lowest BCUT2D eigenvalue weighted by molar-refractivity contribution is -0.126. The fraction of sp³-hybridized carbons (Fsp3) is 0.292. The number of benzene rings is 2. The number of carbonyl (C=O) groups excluding carboxylic acids is 2. The highest BCUT2D eigenvalue weighted by Crippen LogP contribution is 2.19. The Bertz CT molecular complexity index is 1040. The highest BCUT2D eigenvalue weighted by Gasteiger charge is 2.26. The number of carbonyl (C=O) groups is 2. The van der Waals surface area contributed by atoms with Crippen molar-refractivity contribution < 1.29 is 14.3 Å². The van der Waals surface area contributed by atoms with Crippen LogP contribution >= 0.6 is 0 Å². The van der Waals surface area contributed by atoms with E-state index in [1.807, 2.05) is 68.4 Å². The van der Waals surface area contributed by atoms with Gasteiger partial charge in [-0.25, -0.2) is 4.79 Å². The van der Waals surface area contributed by atoms with Crippen LogP contribution in [0.3, 0.4) is 0 Å². The number of aryl methyl sites for hydroxylation is 2. The second kappa shape index (κ2) is 8.95. The summed E-state index contributed by atoms with van der Waals surface area (Å²) < 4.78 is 7.29. The number of para-hydroxylation sites is 1. The third kappa shape index (κ3) is 4.59. The maximum absolute atomic E-state index is 12.8. The van der Waals surface area contributed by atoms with Crippen LogP contribution in [-0.4, -0.2) is 34.8 Å². The van der Waals surface area contributed by atoms with Gasteiger partial charge in [0.1, 0.15) is 5.56 Å². The highest BCUT2D eigenvalue weighted by molar-refractivity contribution is 5.99. The van der Waals surface area contributed by atoms with E-state index in [0.29, 0.717) is 23.5 Å². The summed E-state index contributed by atoms with van der Waals surface area (Å²) >= 11 is 0. The number of rotatable bonds is 6. The summed E-state index contributed by atoms with van der Waals surface area (Å²) in [7, 11) is 1.66. The molecule has 0 fully saturated rings. The molecule has 0 spiro atoms. The summed E-state index contributed by atoms with van der Waals surface area (Å²) in [6.07, 6.45) is -0.915. The molecule has 1 amide bonds. The van der Waals surface area contributed by atoms with Gasteiger partial charge in [-0.15, -0.1) is 0 Å². The molecule has 0 N–H and O–H groups in total. The van der Waals surface area contributed by atoms with Gasteiger partial charge in [-0.05, 0) is 45.4 Å². The number of aromatic nitrogens is 2. The average Bonchev–Trinajstić information content (AvgIpc) is 3.02. The van der Waals surface area contributed by atoms with Crippen molar-refractivity contribution in [2.45, 2.75) is 40.3 Å². The minimum absolute atomic E-state index is 0.295. The standard InChI is InChI=1S/C24H27N3O3/c1-16-11-13-20(14-12-16)15-27-18(3)22(17(2)25-27)24(29)30-19(4)23(28)26(5)21-9-7-6-8-10-21/h6-14,19H,15H2,1-5H3/t19-/m0/s1. The van der Waals surface area contributed by atoms with Crippen LogP contribution in [0.15, 0.2) is 54.6 Å². The molecule has 0 unspecified atom stereocenters. The number of hydrogen-bond acceptors (Lipinski definition) is 4. The highest BCUT2D eigenvalue weighted by atomic mass is 16.5. The van der Waals surface area contributed by atoms with Crippen molar-refractivity contribution in [3.05, 3.63) is 82.7 Å². The van der Waals surface area contributed by atoms with E-state index in [1.165, 1.54) is 10.5 Å². The molecule has 2 aromatic carbocycles. The van der Waals surface area contributed by atoms with Gasteiger partial charge in [0.25, 0.3) is 5.91 Å². The molecule has 156 valence electrons. The van der Waals surface area contributed by atoms with Crippen molar-refractivity contribution in [3.63, 3.8) is 0 Å². The molecule has 1 atom stereocenters. The first-order valence-electron chi connectivity index (χ1n) is 9.91. The van der Waals surface area contributed by atoms with Crippen molar-refractivity contribution in [2.75, 3.05) is 11.9 Å². The zero-order chi connectivity index (χ0) is 21.8. The smallest absolute Gasteiger partial charge is 0.342 e. The van der Waals surface area contributed by atoms with Crippen LogP contribution in [0.5, 0.6) is 0 Å². The molecule has 3 aromatic rings. The molecular formula is C24H27N3O3. The van der Waals surface area contributed by atoms with E-state index in [0.717, 1.165) is 11.3 Å². The molecule has 0 saturated carbocycles. The second-order valence-corrected chi connectivity index (χ2v) is 7.47. The van der Waals surface area contributed by atoms with Crippen LogP contribution in [0, 0.1) is 20.8 Å². The summed E-state index contributed by atoms with van der Waals surface area (Å²) in [5.74, 6) is -0.834. The zero-order valence-corrected chi connectivity index (χ0v) is 18.0. The molecular weight excluding hydrogens is 378 g/mol. The maximum atomic E-state index is 12.8. The Labute approximate surface area is 177 Å². The fourth-order valence-corrected chi connectivity index (χ4v) is 3.33. The van der Waals surface area contributed by atoms with Crippen LogP contribution in [0.4, 0.5) is 5.69 Å². The van der Waals surface area contributed by atoms with Crippen molar-refractivity contribution in [1.29, 1.82) is 0 Å². The molecule has 0 bridgehead atoms. The predicted octanol–water partition coefficient (Wildman–Crippen LogP) is 4.06. The zero-order valence-electron chi connectivity index (χ0n) is 18.0. The third-order valence-corrected chi connectivity index (χ3v) is 5.14. The van der Waals surface area contributed by atoms with E-state index in [2.05, 4.69) is 5.10 Å². The van der Waals surface area contributed by atoms with Gasteiger partial charge in [0.2, 0.25) is 0 Å². The largest absolute Gasteiger partial charge is 0.449 e. The predicted molar refractivity (Wildman–Crippen MR) is 117 cm³/mol. The Hall–Kier alpha value is -3.41. The Balaban J connectivity index is 1.72. The van der Waals surface area contributed by atoms with Gasteiger partial charge >= 0.3 is 5.97 Å². The number of likely N-dealkylation sites (N-methyl/N-ethyl adjacent to an activating group) is 1. The first-order valence-corrected chi connectivity index (χ1v) is 9.91. The van der Waals surface area contributed by atoms with Gasteiger partial charge in [-0.1, -0.05) is 48.0 Å². The van der Waals surface area contributed by atoms with Gasteiger partial charge in [-0.3, -0.25) is 9.48 Å². The maximum Gasteiger partial charge on any atom is 0.342 e. The lowest BCUT2D eigenvalue weighted by Gasteiger charge is -2.21. The van der Waals surface area contributed by atoms with Gasteiger partial charge < -0.3 is 9.64 Å². The summed E-state index contributed by atoms with van der Waals surface area (Å²) in [6.45, 7) is 7.80. The van der Waals surface area contributed by atoms with Gasteiger partial charge in [0.15, 0.2) is 6.10 Å². The minimum Gasteiger partial charge on any atom is -0.449 e. The normalized spacial score (nSPS) is 11.8. The summed E-state index contributed by atoms with van der Waals surface area (Å²) in [6, 6.07) is 17.4. The van der Waals surface area contributed by atoms with E-state index >= 15 is 0 Å². The lowest BCUT2D eigenvalue weighted by Crippen LogP contribution is -2.37. The van der Waals surface area contributed by atoms with Gasteiger partial charge in [0, 0.05) is 12.7 Å². The Kier molecular flexibility index (Phi) is 6.35. The Morgan fingerprint density at radius 2 is 1.67 bits per heavy atom. The van der Waals surface area contributed by atoms with Crippen molar-refractivity contribution >= 4 is 17.6 Å².